The summed E-state index contributed by atoms with van der Waals surface area (Å²) < 4.78 is 3.03. The van der Waals surface area contributed by atoms with Crippen LogP contribution in [0.2, 0.25) is 0 Å². The quantitative estimate of drug-likeness (QED) is 0.328. The van der Waals surface area contributed by atoms with Gasteiger partial charge in [0.1, 0.15) is 0 Å². The average molecular weight is 501 g/mol. The highest BCUT2D eigenvalue weighted by Crippen LogP contribution is 2.10. The van der Waals surface area contributed by atoms with E-state index in [2.05, 4.69) is 53.9 Å². The van der Waals surface area contributed by atoms with Crippen molar-refractivity contribution in [1.82, 2.24) is 25.2 Å². The van der Waals surface area contributed by atoms with Crippen LogP contribution in [0.5, 0.6) is 0 Å². The summed E-state index contributed by atoms with van der Waals surface area (Å²) in [4.78, 5) is 4.23. The maximum atomic E-state index is 4.23. The molecule has 0 amide bonds. The van der Waals surface area contributed by atoms with Crippen LogP contribution in [0.25, 0.3) is 5.65 Å². The minimum absolute atomic E-state index is 0. The zero-order chi connectivity index (χ0) is 16.1. The lowest BCUT2D eigenvalue weighted by Crippen LogP contribution is -2.36. The van der Waals surface area contributed by atoms with Crippen molar-refractivity contribution in [3.05, 3.63) is 64.5 Å². The molecule has 0 bridgehead atoms. The number of halogens is 2. The van der Waals surface area contributed by atoms with Crippen molar-refractivity contribution in [3.63, 3.8) is 0 Å². The molecule has 0 spiro atoms. The Morgan fingerprint density at radius 3 is 2.58 bits per heavy atom. The first-order valence-corrected chi connectivity index (χ1v) is 8.03. The topological polar surface area (TPSA) is 66.6 Å². The molecule has 0 saturated heterocycles. The van der Waals surface area contributed by atoms with E-state index < -0.39 is 0 Å². The fourth-order valence-corrected chi connectivity index (χ4v) is 2.45. The Morgan fingerprint density at radius 1 is 1.08 bits per heavy atom. The van der Waals surface area contributed by atoms with Crippen LogP contribution in [0.3, 0.4) is 0 Å². The molecule has 24 heavy (non-hydrogen) atoms. The summed E-state index contributed by atoms with van der Waals surface area (Å²) in [5.41, 5.74) is 2.02. The van der Waals surface area contributed by atoms with Crippen LogP contribution in [-0.4, -0.2) is 27.6 Å². The zero-order valence-corrected chi connectivity index (χ0v) is 17.0. The molecule has 0 fully saturated rings. The first-order chi connectivity index (χ1) is 11.3. The lowest BCUT2D eigenvalue weighted by molar-refractivity contribution is 0.762. The molecular formula is C16H18BrIN6. The highest BCUT2D eigenvalue weighted by molar-refractivity contribution is 14.0. The summed E-state index contributed by atoms with van der Waals surface area (Å²) in [6.45, 7) is 1.25. The maximum absolute atomic E-state index is 4.23. The number of aliphatic imine (C=N–C) groups is 1. The number of benzene rings is 1. The molecule has 1 aromatic carbocycles. The molecule has 8 heteroatoms. The Bertz CT molecular complexity index is 815. The highest BCUT2D eigenvalue weighted by Gasteiger charge is 2.05. The van der Waals surface area contributed by atoms with E-state index in [1.165, 1.54) is 5.56 Å². The molecule has 0 aliphatic rings. The monoisotopic (exact) mass is 500 g/mol. The van der Waals surface area contributed by atoms with Crippen molar-refractivity contribution in [2.45, 2.75) is 13.1 Å². The van der Waals surface area contributed by atoms with E-state index in [4.69, 9.17) is 0 Å². The smallest absolute Gasteiger partial charge is 0.191 e. The molecule has 0 atom stereocenters. The number of nitrogens with zero attached hydrogens (tertiary/aromatic N) is 4. The number of pyridine rings is 1. The van der Waals surface area contributed by atoms with Crippen LogP contribution in [0.4, 0.5) is 0 Å². The van der Waals surface area contributed by atoms with Crippen molar-refractivity contribution in [2.24, 2.45) is 4.99 Å². The fraction of sp³-hybridized carbons (Fsp3) is 0.188. The lowest BCUT2D eigenvalue weighted by Gasteiger charge is -2.11. The van der Waals surface area contributed by atoms with Gasteiger partial charge in [0.15, 0.2) is 17.4 Å². The SMILES string of the molecule is CN=C(NCc1ccc(Br)cc1)NCc1nnc2ccccn12.I. The molecule has 2 heterocycles. The van der Waals surface area contributed by atoms with E-state index in [1.54, 1.807) is 7.05 Å². The highest BCUT2D eigenvalue weighted by atomic mass is 127. The van der Waals surface area contributed by atoms with Crippen LogP contribution in [0.15, 0.2) is 58.1 Å². The number of guanidine groups is 1. The summed E-state index contributed by atoms with van der Waals surface area (Å²) in [6.07, 6.45) is 1.95. The van der Waals surface area contributed by atoms with Crippen LogP contribution in [0.1, 0.15) is 11.4 Å². The minimum Gasteiger partial charge on any atom is -0.352 e. The molecule has 0 aliphatic carbocycles. The number of aromatic nitrogens is 3. The maximum Gasteiger partial charge on any atom is 0.191 e. The van der Waals surface area contributed by atoms with E-state index >= 15 is 0 Å². The summed E-state index contributed by atoms with van der Waals surface area (Å²) >= 11 is 3.43. The number of hydrogen-bond acceptors (Lipinski definition) is 3. The molecule has 126 valence electrons. The third-order valence-electron chi connectivity index (χ3n) is 3.40. The second-order valence-corrected chi connectivity index (χ2v) is 5.87. The average Bonchev–Trinajstić information content (AvgIpc) is 3.00. The van der Waals surface area contributed by atoms with Gasteiger partial charge in [-0.2, -0.15) is 0 Å². The van der Waals surface area contributed by atoms with Gasteiger partial charge < -0.3 is 10.6 Å². The van der Waals surface area contributed by atoms with Gasteiger partial charge in [-0.15, -0.1) is 34.2 Å². The summed E-state index contributed by atoms with van der Waals surface area (Å²) in [6, 6.07) is 14.0. The van der Waals surface area contributed by atoms with Crippen molar-refractivity contribution in [1.29, 1.82) is 0 Å². The zero-order valence-electron chi connectivity index (χ0n) is 13.1. The van der Waals surface area contributed by atoms with E-state index in [-0.39, 0.29) is 24.0 Å². The predicted molar refractivity (Wildman–Crippen MR) is 110 cm³/mol. The number of fused-ring (bicyclic) bond motifs is 1. The first-order valence-electron chi connectivity index (χ1n) is 7.24. The van der Waals surface area contributed by atoms with Gasteiger partial charge in [-0.3, -0.25) is 9.39 Å². The van der Waals surface area contributed by atoms with Gasteiger partial charge in [-0.1, -0.05) is 34.1 Å². The lowest BCUT2D eigenvalue weighted by atomic mass is 10.2. The number of rotatable bonds is 4. The molecule has 0 unspecified atom stereocenters. The molecule has 0 saturated carbocycles. The van der Waals surface area contributed by atoms with Crippen LogP contribution < -0.4 is 10.6 Å². The fourth-order valence-electron chi connectivity index (χ4n) is 2.18. The van der Waals surface area contributed by atoms with Gasteiger partial charge in [0.25, 0.3) is 0 Å². The van der Waals surface area contributed by atoms with E-state index in [0.29, 0.717) is 13.1 Å². The van der Waals surface area contributed by atoms with E-state index in [0.717, 1.165) is 21.9 Å². The van der Waals surface area contributed by atoms with E-state index in [1.807, 2.05) is 40.9 Å². The Kier molecular flexibility index (Phi) is 6.98. The minimum atomic E-state index is 0. The second kappa shape index (κ2) is 8.97. The van der Waals surface area contributed by atoms with Crippen molar-refractivity contribution < 1.29 is 0 Å². The molecule has 0 radical (unpaired) electrons. The number of nitrogens with one attached hydrogen (secondary N) is 2. The first kappa shape index (κ1) is 18.7. The third kappa shape index (κ3) is 4.67. The molecular weight excluding hydrogens is 483 g/mol. The van der Waals surface area contributed by atoms with Crippen molar-refractivity contribution in [3.8, 4) is 0 Å². The van der Waals surface area contributed by atoms with Gasteiger partial charge in [0, 0.05) is 24.3 Å². The van der Waals surface area contributed by atoms with Gasteiger partial charge in [0.05, 0.1) is 6.54 Å². The predicted octanol–water partition coefficient (Wildman–Crippen LogP) is 2.98. The normalized spacial score (nSPS) is 11.2. The van der Waals surface area contributed by atoms with E-state index in [9.17, 15) is 0 Å². The largest absolute Gasteiger partial charge is 0.352 e. The molecule has 6 nitrogen and oxygen atoms in total. The molecule has 2 N–H and O–H groups in total. The Balaban J connectivity index is 0.00000208. The Hall–Kier alpha value is -1.68. The Morgan fingerprint density at radius 2 is 1.83 bits per heavy atom. The van der Waals surface area contributed by atoms with Gasteiger partial charge in [0.2, 0.25) is 0 Å². The standard InChI is InChI=1S/C16H17BrN6.HI/c1-18-16(19-10-12-5-7-13(17)8-6-12)20-11-15-22-21-14-4-2-3-9-23(14)15;/h2-9H,10-11H2,1H3,(H2,18,19,20);1H. The van der Waals surface area contributed by atoms with Crippen LogP contribution in [0, 0.1) is 0 Å². The number of hydrogen-bond donors (Lipinski definition) is 2. The summed E-state index contributed by atoms with van der Waals surface area (Å²) in [7, 11) is 1.75. The Labute approximate surface area is 165 Å². The summed E-state index contributed by atoms with van der Waals surface area (Å²) in [5, 5.41) is 14.9. The molecule has 0 aliphatic heterocycles. The van der Waals surface area contributed by atoms with Crippen LogP contribution >= 0.6 is 39.9 Å². The van der Waals surface area contributed by atoms with Gasteiger partial charge >= 0.3 is 0 Å². The molecule has 3 rings (SSSR count). The van der Waals surface area contributed by atoms with Crippen molar-refractivity contribution >= 4 is 51.5 Å². The van der Waals surface area contributed by atoms with Gasteiger partial charge in [-0.25, -0.2) is 0 Å². The van der Waals surface area contributed by atoms with Crippen LogP contribution in [-0.2, 0) is 13.1 Å². The molecule has 2 aromatic heterocycles. The van der Waals surface area contributed by atoms with Gasteiger partial charge in [-0.05, 0) is 29.8 Å². The van der Waals surface area contributed by atoms with Crippen molar-refractivity contribution in [2.75, 3.05) is 7.05 Å². The summed E-state index contributed by atoms with van der Waals surface area (Å²) in [5.74, 6) is 1.56. The molecule has 3 aromatic rings. The second-order valence-electron chi connectivity index (χ2n) is 4.95. The third-order valence-corrected chi connectivity index (χ3v) is 3.92.